The van der Waals surface area contributed by atoms with E-state index in [1.807, 2.05) is 70.3 Å². The number of para-hydroxylation sites is 1. The quantitative estimate of drug-likeness (QED) is 0.208. The van der Waals surface area contributed by atoms with Crippen LogP contribution in [0.3, 0.4) is 0 Å². The predicted molar refractivity (Wildman–Crippen MR) is 185 cm³/mol. The summed E-state index contributed by atoms with van der Waals surface area (Å²) < 4.78 is 17.6. The van der Waals surface area contributed by atoms with E-state index in [1.54, 1.807) is 0 Å². The molecule has 0 bridgehead atoms. The van der Waals surface area contributed by atoms with E-state index in [4.69, 9.17) is 14.2 Å². The summed E-state index contributed by atoms with van der Waals surface area (Å²) in [7, 11) is 0. The predicted octanol–water partition coefficient (Wildman–Crippen LogP) is 5.22. The molecule has 0 radical (unpaired) electrons. The average Bonchev–Trinajstić information content (AvgIpc) is 3.52. The van der Waals surface area contributed by atoms with E-state index in [0.29, 0.717) is 43.1 Å². The monoisotopic (exact) mass is 647 g/mol. The molecule has 5 rings (SSSR count). The van der Waals surface area contributed by atoms with Crippen LogP contribution >= 0.6 is 0 Å². The normalized spacial score (nSPS) is 17.6. The van der Waals surface area contributed by atoms with Gasteiger partial charge in [-0.1, -0.05) is 31.5 Å². The number of H-pyrrole nitrogens is 1. The number of likely N-dealkylation sites (tertiary alicyclic amines) is 2. The van der Waals surface area contributed by atoms with Gasteiger partial charge in [0.25, 0.3) is 0 Å². The number of rotatable bonds is 15. The number of hydrogen-bond acceptors (Lipinski definition) is 7. The van der Waals surface area contributed by atoms with E-state index in [-0.39, 0.29) is 30.8 Å². The first kappa shape index (κ1) is 34.6. The number of nitrogens with zero attached hydrogens (tertiary/aromatic N) is 2. The summed E-state index contributed by atoms with van der Waals surface area (Å²) in [5.41, 5.74) is 2.80. The molecule has 2 amide bonds. The Morgan fingerprint density at radius 3 is 2.23 bits per heavy atom. The molecule has 2 unspecified atom stereocenters. The van der Waals surface area contributed by atoms with Crippen LogP contribution in [0.15, 0.2) is 42.6 Å². The molecule has 3 heterocycles. The summed E-state index contributed by atoms with van der Waals surface area (Å²) in [5.74, 6) is 1.05. The summed E-state index contributed by atoms with van der Waals surface area (Å²) in [6.45, 7) is 13.9. The van der Waals surface area contributed by atoms with Gasteiger partial charge in [-0.15, -0.1) is 0 Å². The van der Waals surface area contributed by atoms with Crippen LogP contribution in [0.4, 0.5) is 0 Å². The number of amides is 2. The van der Waals surface area contributed by atoms with Crippen LogP contribution in [0.1, 0.15) is 76.8 Å². The Hall–Kier alpha value is -3.76. The van der Waals surface area contributed by atoms with Crippen molar-refractivity contribution in [3.05, 3.63) is 53.7 Å². The van der Waals surface area contributed by atoms with Gasteiger partial charge >= 0.3 is 0 Å². The van der Waals surface area contributed by atoms with E-state index in [2.05, 4.69) is 25.4 Å². The van der Waals surface area contributed by atoms with Gasteiger partial charge in [0.15, 0.2) is 11.5 Å². The molecular formula is C37H53N5O5. The summed E-state index contributed by atoms with van der Waals surface area (Å²) in [6.07, 6.45) is 8.03. The standard InChI is InChI=1S/C37H53N5O5/c1-5-45-32-21-27(22-33(46-6-2)36(32)47-7-3)23-39-37(44)35(26(4)30-24-38-31-14-10-9-13-29(30)31)40-34(43)25-41-19-15-28(16-20-41)42-17-11-8-12-18-42/h9-10,13-14,21-22,24,26,28,35,38H,5-8,11-12,15-20,23,25H2,1-4H3,(H,39,44)(H,40,43). The van der Waals surface area contributed by atoms with Gasteiger partial charge in [0.05, 0.1) is 26.4 Å². The largest absolute Gasteiger partial charge is 0.490 e. The molecule has 1 aromatic heterocycles. The van der Waals surface area contributed by atoms with Gasteiger partial charge in [-0.2, -0.15) is 0 Å². The van der Waals surface area contributed by atoms with Crippen molar-refractivity contribution in [2.75, 3.05) is 52.5 Å². The number of hydrogen-bond donors (Lipinski definition) is 3. The molecule has 0 saturated carbocycles. The minimum atomic E-state index is -0.770. The van der Waals surface area contributed by atoms with Gasteiger partial charge in [-0.25, -0.2) is 0 Å². The number of aromatic amines is 1. The lowest BCUT2D eigenvalue weighted by Crippen LogP contribution is -2.53. The van der Waals surface area contributed by atoms with Crippen LogP contribution in [-0.2, 0) is 16.1 Å². The Balaban J connectivity index is 1.29. The van der Waals surface area contributed by atoms with Crippen molar-refractivity contribution in [2.45, 2.75) is 84.3 Å². The van der Waals surface area contributed by atoms with Crippen LogP contribution < -0.4 is 24.8 Å². The Labute approximate surface area is 279 Å². The van der Waals surface area contributed by atoms with E-state index < -0.39 is 6.04 Å². The Bertz CT molecular complexity index is 1430. The molecule has 10 heteroatoms. The molecule has 2 atom stereocenters. The van der Waals surface area contributed by atoms with Crippen LogP contribution in [0.5, 0.6) is 17.2 Å². The molecule has 0 aliphatic carbocycles. The summed E-state index contributed by atoms with van der Waals surface area (Å²) >= 11 is 0. The second-order valence-corrected chi connectivity index (χ2v) is 12.7. The molecule has 2 saturated heterocycles. The second kappa shape index (κ2) is 16.9. The van der Waals surface area contributed by atoms with Crippen molar-refractivity contribution >= 4 is 22.7 Å². The number of piperidine rings is 2. The number of nitrogens with one attached hydrogen (secondary N) is 3. The van der Waals surface area contributed by atoms with Crippen molar-refractivity contribution < 1.29 is 23.8 Å². The van der Waals surface area contributed by atoms with Crippen molar-refractivity contribution in [3.8, 4) is 17.2 Å². The van der Waals surface area contributed by atoms with Gasteiger partial charge < -0.3 is 34.7 Å². The third-order valence-electron chi connectivity index (χ3n) is 9.48. The van der Waals surface area contributed by atoms with Crippen molar-refractivity contribution in [3.63, 3.8) is 0 Å². The van der Waals surface area contributed by atoms with Crippen molar-refractivity contribution in [1.82, 2.24) is 25.4 Å². The fraction of sp³-hybridized carbons (Fsp3) is 0.568. The van der Waals surface area contributed by atoms with E-state index in [9.17, 15) is 9.59 Å². The fourth-order valence-corrected chi connectivity index (χ4v) is 7.06. The molecule has 3 N–H and O–H groups in total. The lowest BCUT2D eigenvalue weighted by molar-refractivity contribution is -0.130. The van der Waals surface area contributed by atoms with Crippen LogP contribution in [0.25, 0.3) is 10.9 Å². The van der Waals surface area contributed by atoms with Gasteiger partial charge in [-0.05, 0) is 88.9 Å². The third kappa shape index (κ3) is 8.78. The minimum Gasteiger partial charge on any atom is -0.490 e. The highest BCUT2D eigenvalue weighted by Crippen LogP contribution is 2.39. The molecular weight excluding hydrogens is 594 g/mol. The van der Waals surface area contributed by atoms with E-state index >= 15 is 0 Å². The van der Waals surface area contributed by atoms with Gasteiger partial charge in [-0.3, -0.25) is 14.5 Å². The molecule has 2 aromatic carbocycles. The zero-order valence-electron chi connectivity index (χ0n) is 28.6. The Kier molecular flexibility index (Phi) is 12.4. The summed E-state index contributed by atoms with van der Waals surface area (Å²) in [6, 6.07) is 11.6. The topological polar surface area (TPSA) is 108 Å². The lowest BCUT2D eigenvalue weighted by Gasteiger charge is -2.40. The number of benzene rings is 2. The maximum Gasteiger partial charge on any atom is 0.243 e. The number of ether oxygens (including phenoxy) is 3. The first-order chi connectivity index (χ1) is 22.9. The SMILES string of the molecule is CCOc1cc(CNC(=O)C(NC(=O)CN2CCC(N3CCCCC3)CC2)C(C)c2c[nH]c3ccccc23)cc(OCC)c1OCC. The van der Waals surface area contributed by atoms with Gasteiger partial charge in [0, 0.05) is 48.7 Å². The van der Waals surface area contributed by atoms with E-state index in [1.165, 1.54) is 32.4 Å². The maximum absolute atomic E-state index is 14.0. The first-order valence-corrected chi connectivity index (χ1v) is 17.6. The molecule has 256 valence electrons. The maximum atomic E-state index is 14.0. The number of carbonyl (C=O) groups is 2. The first-order valence-electron chi connectivity index (χ1n) is 17.6. The molecule has 47 heavy (non-hydrogen) atoms. The van der Waals surface area contributed by atoms with E-state index in [0.717, 1.165) is 48.0 Å². The summed E-state index contributed by atoms with van der Waals surface area (Å²) in [4.78, 5) is 35.7. The van der Waals surface area contributed by atoms with Crippen molar-refractivity contribution in [2.24, 2.45) is 0 Å². The number of fused-ring (bicyclic) bond motifs is 1. The highest BCUT2D eigenvalue weighted by Gasteiger charge is 2.31. The summed E-state index contributed by atoms with van der Waals surface area (Å²) in [5, 5.41) is 7.27. The van der Waals surface area contributed by atoms with Crippen LogP contribution in [-0.4, -0.2) is 91.2 Å². The average molecular weight is 648 g/mol. The van der Waals surface area contributed by atoms with Crippen LogP contribution in [0.2, 0.25) is 0 Å². The molecule has 0 spiro atoms. The van der Waals surface area contributed by atoms with Gasteiger partial charge in [0.1, 0.15) is 6.04 Å². The molecule has 2 aliphatic heterocycles. The van der Waals surface area contributed by atoms with Crippen molar-refractivity contribution in [1.29, 1.82) is 0 Å². The molecule has 3 aromatic rings. The Morgan fingerprint density at radius 2 is 1.57 bits per heavy atom. The zero-order chi connectivity index (χ0) is 33.2. The Morgan fingerprint density at radius 1 is 0.915 bits per heavy atom. The molecule has 10 nitrogen and oxygen atoms in total. The smallest absolute Gasteiger partial charge is 0.243 e. The highest BCUT2D eigenvalue weighted by atomic mass is 16.5. The molecule has 2 aliphatic rings. The minimum absolute atomic E-state index is 0.133. The number of aromatic nitrogens is 1. The lowest BCUT2D eigenvalue weighted by atomic mass is 9.92. The highest BCUT2D eigenvalue weighted by molar-refractivity contribution is 5.91. The number of carbonyl (C=O) groups excluding carboxylic acids is 2. The van der Waals surface area contributed by atoms with Gasteiger partial charge in [0.2, 0.25) is 17.6 Å². The molecule has 2 fully saturated rings. The third-order valence-corrected chi connectivity index (χ3v) is 9.48. The van der Waals surface area contributed by atoms with Crippen LogP contribution in [0, 0.1) is 0 Å². The zero-order valence-corrected chi connectivity index (χ0v) is 28.6. The fourth-order valence-electron chi connectivity index (χ4n) is 7.06. The second-order valence-electron chi connectivity index (χ2n) is 12.7.